The van der Waals surface area contributed by atoms with Crippen molar-refractivity contribution in [2.75, 3.05) is 6.16 Å². The van der Waals surface area contributed by atoms with E-state index in [1.807, 2.05) is 30.3 Å². The number of hydrogen-bond acceptors (Lipinski definition) is 2. The molecule has 1 atom stereocenters. The molecule has 0 amide bonds. The van der Waals surface area contributed by atoms with E-state index in [0.29, 0.717) is 34.6 Å². The summed E-state index contributed by atoms with van der Waals surface area (Å²) in [5.74, 6) is -0.426. The number of carbonyl (C=O) groups excluding carboxylic acids is 1. The Morgan fingerprint density at radius 2 is 1.64 bits per heavy atom. The van der Waals surface area contributed by atoms with Crippen LogP contribution in [0.3, 0.4) is 0 Å². The van der Waals surface area contributed by atoms with E-state index < -0.39 is 0 Å². The largest absolute Gasteiger partial charge is 0.293 e. The minimum Gasteiger partial charge on any atom is -0.293 e. The zero-order chi connectivity index (χ0) is 15.9. The van der Waals surface area contributed by atoms with Crippen molar-refractivity contribution >= 4 is 37.4 Å². The minimum atomic E-state index is -0.333. The van der Waals surface area contributed by atoms with Crippen molar-refractivity contribution < 1.29 is 9.36 Å². The zero-order valence-electron chi connectivity index (χ0n) is 11.8. The third-order valence-corrected chi connectivity index (χ3v) is 4.60. The average molecular weight is 353 g/mol. The van der Waals surface area contributed by atoms with Crippen molar-refractivity contribution in [1.82, 2.24) is 0 Å². The number of benzene rings is 2. The van der Waals surface area contributed by atoms with E-state index in [-0.39, 0.29) is 20.2 Å². The molecular formula is C17H15Cl2O2P. The average Bonchev–Trinajstić information content (AvgIpc) is 2.52. The van der Waals surface area contributed by atoms with Gasteiger partial charge in [0.25, 0.3) is 0 Å². The molecule has 0 saturated heterocycles. The molecule has 0 spiro atoms. The first-order valence-corrected chi connectivity index (χ1v) is 8.72. The standard InChI is InChI=1S/C17H15Cl2O2P/c18-14-9-4-10-15(19)16(14)17(20)13(8-5-11-22-21)12-6-2-1-3-7-12/h1-4,6-7,9-10,13H,5,8,11H2. The summed E-state index contributed by atoms with van der Waals surface area (Å²) in [4.78, 5) is 12.9. The summed E-state index contributed by atoms with van der Waals surface area (Å²) in [7, 11) is 0.0981. The molecule has 5 heteroatoms. The number of halogens is 2. The van der Waals surface area contributed by atoms with Gasteiger partial charge >= 0.3 is 0 Å². The van der Waals surface area contributed by atoms with Gasteiger partial charge in [-0.2, -0.15) is 0 Å². The van der Waals surface area contributed by atoms with E-state index in [4.69, 9.17) is 23.2 Å². The highest BCUT2D eigenvalue weighted by Crippen LogP contribution is 2.33. The maximum absolute atomic E-state index is 12.9. The van der Waals surface area contributed by atoms with Gasteiger partial charge in [-0.05, 0) is 30.5 Å². The molecule has 0 heterocycles. The molecule has 0 aliphatic rings. The third kappa shape index (κ3) is 4.16. The Labute approximate surface area is 141 Å². The first kappa shape index (κ1) is 17.1. The second-order valence-corrected chi connectivity index (χ2v) is 6.44. The van der Waals surface area contributed by atoms with Gasteiger partial charge in [0.1, 0.15) is 0 Å². The Hall–Kier alpha value is -1.21. The summed E-state index contributed by atoms with van der Waals surface area (Å²) in [6.45, 7) is 0. The van der Waals surface area contributed by atoms with Crippen LogP contribution in [0.15, 0.2) is 48.5 Å². The summed E-state index contributed by atoms with van der Waals surface area (Å²) in [6, 6.07) is 14.6. The van der Waals surface area contributed by atoms with Gasteiger partial charge in [-0.25, -0.2) is 0 Å². The van der Waals surface area contributed by atoms with Crippen molar-refractivity contribution in [1.29, 1.82) is 0 Å². The lowest BCUT2D eigenvalue weighted by Crippen LogP contribution is -2.14. The van der Waals surface area contributed by atoms with Crippen molar-refractivity contribution in [2.24, 2.45) is 0 Å². The summed E-state index contributed by atoms with van der Waals surface area (Å²) < 4.78 is 10.6. The Bertz CT molecular complexity index is 639. The number of hydrogen-bond donors (Lipinski definition) is 0. The Morgan fingerprint density at radius 1 is 1.00 bits per heavy atom. The van der Waals surface area contributed by atoms with E-state index in [9.17, 15) is 9.36 Å². The fourth-order valence-electron chi connectivity index (χ4n) is 2.40. The molecule has 1 unspecified atom stereocenters. The molecule has 0 aliphatic carbocycles. The first-order valence-electron chi connectivity index (χ1n) is 6.97. The molecule has 2 aromatic carbocycles. The molecular weight excluding hydrogens is 338 g/mol. The molecule has 2 rings (SSSR count). The molecule has 0 fully saturated rings. The lowest BCUT2D eigenvalue weighted by molar-refractivity contribution is 0.0955. The van der Waals surface area contributed by atoms with Crippen LogP contribution in [-0.2, 0) is 4.57 Å². The monoisotopic (exact) mass is 352 g/mol. The molecule has 0 aliphatic heterocycles. The number of rotatable bonds is 7. The molecule has 114 valence electrons. The topological polar surface area (TPSA) is 34.1 Å². The van der Waals surface area contributed by atoms with Crippen molar-refractivity contribution in [2.45, 2.75) is 18.8 Å². The van der Waals surface area contributed by atoms with Gasteiger partial charge in [0, 0.05) is 12.1 Å². The molecule has 2 aromatic rings. The van der Waals surface area contributed by atoms with Gasteiger partial charge in [0.2, 0.25) is 0 Å². The third-order valence-electron chi connectivity index (χ3n) is 3.47. The predicted octanol–water partition coefficient (Wildman–Crippen LogP) is 6.03. The molecule has 0 saturated carbocycles. The van der Waals surface area contributed by atoms with E-state index in [2.05, 4.69) is 0 Å². The van der Waals surface area contributed by atoms with Crippen LogP contribution in [0.25, 0.3) is 0 Å². The molecule has 0 N–H and O–H groups in total. The van der Waals surface area contributed by atoms with E-state index in [0.717, 1.165) is 5.56 Å². The van der Waals surface area contributed by atoms with Crippen LogP contribution < -0.4 is 0 Å². The van der Waals surface area contributed by atoms with Crippen LogP contribution in [0.5, 0.6) is 0 Å². The predicted molar refractivity (Wildman–Crippen MR) is 91.7 cm³/mol. The van der Waals surface area contributed by atoms with Crippen LogP contribution in [0.4, 0.5) is 0 Å². The van der Waals surface area contributed by atoms with Gasteiger partial charge in [0.15, 0.2) is 14.2 Å². The number of carbonyl (C=O) groups is 1. The van der Waals surface area contributed by atoms with Gasteiger partial charge in [-0.1, -0.05) is 59.6 Å². The molecule has 2 nitrogen and oxygen atoms in total. The second-order valence-electron chi connectivity index (χ2n) is 4.92. The highest BCUT2D eigenvalue weighted by molar-refractivity contribution is 7.23. The van der Waals surface area contributed by atoms with Crippen LogP contribution in [0.2, 0.25) is 10.0 Å². The van der Waals surface area contributed by atoms with Crippen molar-refractivity contribution in [3.63, 3.8) is 0 Å². The Kier molecular flexibility index (Phi) is 6.57. The van der Waals surface area contributed by atoms with Crippen LogP contribution in [-0.4, -0.2) is 11.9 Å². The molecule has 22 heavy (non-hydrogen) atoms. The lowest BCUT2D eigenvalue weighted by atomic mass is 9.87. The summed E-state index contributed by atoms with van der Waals surface area (Å²) in [5, 5.41) is 0.723. The summed E-state index contributed by atoms with van der Waals surface area (Å²) in [5.41, 5.74) is 1.28. The molecule has 0 aromatic heterocycles. The van der Waals surface area contributed by atoms with Crippen LogP contribution >= 0.6 is 31.7 Å². The highest BCUT2D eigenvalue weighted by atomic mass is 35.5. The van der Waals surface area contributed by atoms with Crippen LogP contribution in [0.1, 0.15) is 34.7 Å². The quantitative estimate of drug-likeness (QED) is 0.346. The maximum Gasteiger partial charge on any atom is 0.173 e. The second kappa shape index (κ2) is 8.43. The van der Waals surface area contributed by atoms with E-state index >= 15 is 0 Å². The Balaban J connectivity index is 2.36. The van der Waals surface area contributed by atoms with Gasteiger partial charge in [0.05, 0.1) is 15.6 Å². The van der Waals surface area contributed by atoms with E-state index in [1.165, 1.54) is 0 Å². The smallest absolute Gasteiger partial charge is 0.173 e. The Morgan fingerprint density at radius 3 is 2.23 bits per heavy atom. The van der Waals surface area contributed by atoms with Gasteiger partial charge in [-0.15, -0.1) is 0 Å². The van der Waals surface area contributed by atoms with Crippen molar-refractivity contribution in [3.8, 4) is 0 Å². The van der Waals surface area contributed by atoms with Crippen LogP contribution in [0, 0.1) is 0 Å². The molecule has 0 bridgehead atoms. The maximum atomic E-state index is 12.9. The fourth-order valence-corrected chi connectivity index (χ4v) is 3.30. The van der Waals surface area contributed by atoms with Gasteiger partial charge in [-0.3, -0.25) is 9.36 Å². The first-order chi connectivity index (χ1) is 10.6. The normalized spacial score (nSPS) is 12.3. The molecule has 0 radical (unpaired) electrons. The lowest BCUT2D eigenvalue weighted by Gasteiger charge is -2.17. The van der Waals surface area contributed by atoms with Gasteiger partial charge < -0.3 is 0 Å². The highest BCUT2D eigenvalue weighted by Gasteiger charge is 2.25. The zero-order valence-corrected chi connectivity index (χ0v) is 14.2. The SMILES string of the molecule is O=PCCCC(C(=O)c1c(Cl)cccc1Cl)c1ccccc1. The van der Waals surface area contributed by atoms with Crippen molar-refractivity contribution in [3.05, 3.63) is 69.7 Å². The van der Waals surface area contributed by atoms with E-state index in [1.54, 1.807) is 18.2 Å². The number of Topliss-reactive ketones (excluding diaryl/α,β-unsaturated/α-hetero) is 1. The fraction of sp³-hybridized carbons (Fsp3) is 0.235. The number of ketones is 1. The minimum absolute atomic E-state index is 0.0932. The summed E-state index contributed by atoms with van der Waals surface area (Å²) in [6.07, 6.45) is 1.84. The summed E-state index contributed by atoms with van der Waals surface area (Å²) >= 11 is 12.3.